The van der Waals surface area contributed by atoms with E-state index < -0.39 is 35.4 Å². The van der Waals surface area contributed by atoms with Crippen molar-refractivity contribution in [3.05, 3.63) is 40.7 Å². The normalized spacial score (nSPS) is 22.5. The second-order valence-electron chi connectivity index (χ2n) is 6.43. The van der Waals surface area contributed by atoms with Crippen LogP contribution in [0.1, 0.15) is 37.0 Å². The number of benzene rings is 1. The van der Waals surface area contributed by atoms with E-state index in [4.69, 9.17) is 16.3 Å². The molecule has 7 heteroatoms. The molecule has 2 amide bonds. The van der Waals surface area contributed by atoms with Crippen molar-refractivity contribution in [2.75, 3.05) is 4.90 Å². The molecule has 1 saturated heterocycles. The lowest BCUT2D eigenvalue weighted by molar-refractivity contribution is -0.134. The number of nitrogens with zero attached hydrogens (tertiary/aromatic N) is 1. The van der Waals surface area contributed by atoms with Gasteiger partial charge < -0.3 is 4.74 Å². The quantitative estimate of drug-likeness (QED) is 0.467. The topological polar surface area (TPSA) is 63.7 Å². The average molecular weight is 366 g/mol. The van der Waals surface area contributed by atoms with Crippen molar-refractivity contribution in [3.63, 3.8) is 0 Å². The van der Waals surface area contributed by atoms with Crippen LogP contribution in [-0.4, -0.2) is 23.9 Å². The maximum absolute atomic E-state index is 14.5. The van der Waals surface area contributed by atoms with Crippen LogP contribution in [0.2, 0.25) is 5.02 Å². The summed E-state index contributed by atoms with van der Waals surface area (Å²) in [5.41, 5.74) is -0.460. The molecule has 2 aliphatic rings. The second-order valence-corrected chi connectivity index (χ2v) is 6.80. The molecule has 0 radical (unpaired) electrons. The van der Waals surface area contributed by atoms with Crippen molar-refractivity contribution < 1.29 is 23.5 Å². The standard InChI is InChI=1S/C18H17ClFNO4/c1-9(2)25-18(24)12-6-7-13(20)15(14(12)19)21-16(22)10-4-3-5-11(8-10)17(21)23/h3-4,6-7,9-11H,5,8H2,1-2H3. The van der Waals surface area contributed by atoms with Gasteiger partial charge in [-0.15, -0.1) is 0 Å². The first-order valence-corrected chi connectivity index (χ1v) is 8.42. The third-order valence-corrected chi connectivity index (χ3v) is 4.67. The molecule has 5 nitrogen and oxygen atoms in total. The maximum Gasteiger partial charge on any atom is 0.339 e. The van der Waals surface area contributed by atoms with Crippen molar-refractivity contribution in [1.29, 1.82) is 0 Å². The number of halogens is 2. The summed E-state index contributed by atoms with van der Waals surface area (Å²) in [6, 6.07) is 2.20. The fourth-order valence-electron chi connectivity index (χ4n) is 3.13. The van der Waals surface area contributed by atoms with Crippen LogP contribution in [0.15, 0.2) is 24.3 Å². The second kappa shape index (κ2) is 6.59. The molecule has 2 atom stereocenters. The Labute approximate surface area is 149 Å². The molecule has 132 valence electrons. The van der Waals surface area contributed by atoms with Gasteiger partial charge in [0.2, 0.25) is 11.8 Å². The van der Waals surface area contributed by atoms with Crippen molar-refractivity contribution in [2.45, 2.75) is 32.8 Å². The summed E-state index contributed by atoms with van der Waals surface area (Å²) < 4.78 is 19.5. The predicted molar refractivity (Wildman–Crippen MR) is 89.8 cm³/mol. The minimum atomic E-state index is -0.836. The average Bonchev–Trinajstić information content (AvgIpc) is 2.55. The Kier molecular flexibility index (Phi) is 4.64. The first kappa shape index (κ1) is 17.6. The molecule has 0 spiro atoms. The largest absolute Gasteiger partial charge is 0.459 e. The summed E-state index contributed by atoms with van der Waals surface area (Å²) in [5.74, 6) is -3.49. The van der Waals surface area contributed by atoms with Gasteiger partial charge in [0.1, 0.15) is 11.5 Å². The Morgan fingerprint density at radius 2 is 2.04 bits per heavy atom. The van der Waals surface area contributed by atoms with Gasteiger partial charge in [0.15, 0.2) is 0 Å². The molecule has 0 N–H and O–H groups in total. The van der Waals surface area contributed by atoms with E-state index in [2.05, 4.69) is 0 Å². The third kappa shape index (κ3) is 3.06. The fourth-order valence-corrected chi connectivity index (χ4v) is 3.45. The number of rotatable bonds is 3. The van der Waals surface area contributed by atoms with Gasteiger partial charge in [-0.2, -0.15) is 0 Å². The zero-order valence-electron chi connectivity index (χ0n) is 13.8. The zero-order valence-corrected chi connectivity index (χ0v) is 14.5. The van der Waals surface area contributed by atoms with Crippen molar-refractivity contribution >= 4 is 35.1 Å². The van der Waals surface area contributed by atoms with Gasteiger partial charge in [-0.3, -0.25) is 9.59 Å². The molecule has 1 heterocycles. The van der Waals surface area contributed by atoms with Gasteiger partial charge in [0, 0.05) is 5.92 Å². The number of allylic oxidation sites excluding steroid dienone is 1. The van der Waals surface area contributed by atoms with E-state index in [1.165, 1.54) is 6.07 Å². The lowest BCUT2D eigenvalue weighted by atomic mass is 9.81. The van der Waals surface area contributed by atoms with Gasteiger partial charge >= 0.3 is 5.97 Å². The van der Waals surface area contributed by atoms with E-state index in [0.717, 1.165) is 11.0 Å². The van der Waals surface area contributed by atoms with Crippen LogP contribution in [0.25, 0.3) is 0 Å². The molecule has 1 fully saturated rings. The Morgan fingerprint density at radius 3 is 2.72 bits per heavy atom. The maximum atomic E-state index is 14.5. The first-order chi connectivity index (χ1) is 11.8. The summed E-state index contributed by atoms with van der Waals surface area (Å²) in [6.07, 6.45) is 4.04. The highest BCUT2D eigenvalue weighted by Gasteiger charge is 2.44. The van der Waals surface area contributed by atoms with Crippen molar-refractivity contribution in [1.82, 2.24) is 0 Å². The summed E-state index contributed by atoms with van der Waals surface area (Å²) >= 11 is 6.21. The molecule has 1 aromatic carbocycles. The summed E-state index contributed by atoms with van der Waals surface area (Å²) in [4.78, 5) is 38.2. The number of carbonyl (C=O) groups excluding carboxylic acids is 3. The smallest absolute Gasteiger partial charge is 0.339 e. The zero-order chi connectivity index (χ0) is 18.3. The number of hydrogen-bond acceptors (Lipinski definition) is 4. The SMILES string of the molecule is CC(C)OC(=O)c1ccc(F)c(N2C(=O)C3C=CCC(C3)C2=O)c1Cl. The van der Waals surface area contributed by atoms with Crippen LogP contribution in [0, 0.1) is 17.7 Å². The monoisotopic (exact) mass is 365 g/mol. The molecule has 25 heavy (non-hydrogen) atoms. The fraction of sp³-hybridized carbons (Fsp3) is 0.389. The predicted octanol–water partition coefficient (Wildman–Crippen LogP) is 3.50. The molecule has 1 aliphatic heterocycles. The van der Waals surface area contributed by atoms with Crippen molar-refractivity contribution in [3.8, 4) is 0 Å². The van der Waals surface area contributed by atoms with E-state index in [0.29, 0.717) is 12.8 Å². The van der Waals surface area contributed by atoms with Gasteiger partial charge in [0.25, 0.3) is 0 Å². The lowest BCUT2D eigenvalue weighted by Gasteiger charge is -2.36. The minimum absolute atomic E-state index is 0.0846. The number of hydrogen-bond donors (Lipinski definition) is 0. The lowest BCUT2D eigenvalue weighted by Crippen LogP contribution is -2.51. The molecule has 0 aromatic heterocycles. The number of ether oxygens (including phenoxy) is 1. The number of anilines is 1. The molecule has 1 aromatic rings. The summed E-state index contributed by atoms with van der Waals surface area (Å²) in [6.45, 7) is 3.34. The minimum Gasteiger partial charge on any atom is -0.459 e. The van der Waals surface area contributed by atoms with Gasteiger partial charge in [-0.05, 0) is 38.8 Å². The Morgan fingerprint density at radius 1 is 1.32 bits per heavy atom. The number of imide groups is 1. The molecule has 1 aliphatic carbocycles. The summed E-state index contributed by atoms with van der Waals surface area (Å²) in [7, 11) is 0. The van der Waals surface area contributed by atoms with Crippen molar-refractivity contribution in [2.24, 2.45) is 11.8 Å². The number of carbonyl (C=O) groups is 3. The number of esters is 1. The molecule has 2 unspecified atom stereocenters. The van der Waals surface area contributed by atoms with Gasteiger partial charge in [0.05, 0.1) is 22.6 Å². The number of piperidine rings is 1. The third-order valence-electron chi connectivity index (χ3n) is 4.29. The van der Waals surface area contributed by atoms with Crippen LogP contribution in [0.4, 0.5) is 10.1 Å². The molecule has 3 rings (SSSR count). The van der Waals surface area contributed by atoms with E-state index >= 15 is 0 Å². The molecule has 2 bridgehead atoms. The van der Waals surface area contributed by atoms with Crippen LogP contribution in [0.3, 0.4) is 0 Å². The highest BCUT2D eigenvalue weighted by atomic mass is 35.5. The Hall–Kier alpha value is -2.21. The molecular weight excluding hydrogens is 349 g/mol. The van der Waals surface area contributed by atoms with E-state index in [-0.39, 0.29) is 22.4 Å². The highest BCUT2D eigenvalue weighted by molar-refractivity contribution is 6.38. The Balaban J connectivity index is 2.07. The van der Waals surface area contributed by atoms with E-state index in [9.17, 15) is 18.8 Å². The van der Waals surface area contributed by atoms with E-state index in [1.807, 2.05) is 0 Å². The highest BCUT2D eigenvalue weighted by Crippen LogP contribution is 2.40. The molecule has 0 saturated carbocycles. The Bertz CT molecular complexity index is 790. The summed E-state index contributed by atoms with van der Waals surface area (Å²) in [5, 5.41) is -0.295. The number of amides is 2. The van der Waals surface area contributed by atoms with Gasteiger partial charge in [-0.1, -0.05) is 23.8 Å². The van der Waals surface area contributed by atoms with Crippen LogP contribution >= 0.6 is 11.6 Å². The first-order valence-electron chi connectivity index (χ1n) is 8.04. The molecular formula is C18H17ClFNO4. The van der Waals surface area contributed by atoms with Crippen LogP contribution in [0.5, 0.6) is 0 Å². The number of fused-ring (bicyclic) bond motifs is 2. The van der Waals surface area contributed by atoms with E-state index in [1.54, 1.807) is 26.0 Å². The van der Waals surface area contributed by atoms with Gasteiger partial charge in [-0.25, -0.2) is 14.1 Å². The van der Waals surface area contributed by atoms with Crippen LogP contribution < -0.4 is 4.90 Å². The van der Waals surface area contributed by atoms with Crippen LogP contribution in [-0.2, 0) is 14.3 Å².